The van der Waals surface area contributed by atoms with Crippen LogP contribution >= 0.6 is 0 Å². The summed E-state index contributed by atoms with van der Waals surface area (Å²) in [5.74, 6) is -0.629. The van der Waals surface area contributed by atoms with Crippen molar-refractivity contribution in [1.29, 1.82) is 0 Å². The maximum Gasteiger partial charge on any atom is 0.127 e. The van der Waals surface area contributed by atoms with E-state index in [1.807, 2.05) is 0 Å². The van der Waals surface area contributed by atoms with Gasteiger partial charge in [0, 0.05) is 6.04 Å². The first-order valence-electron chi connectivity index (χ1n) is 3.82. The first-order valence-corrected chi connectivity index (χ1v) is 3.82. The predicted octanol–water partition coefficient (Wildman–Crippen LogP) is -2.12. The Morgan fingerprint density at radius 3 is 2.83 bits per heavy atom. The molecule has 1 fully saturated rings. The van der Waals surface area contributed by atoms with E-state index >= 15 is 0 Å². The lowest BCUT2D eigenvalue weighted by Gasteiger charge is -2.35. The summed E-state index contributed by atoms with van der Waals surface area (Å²) in [6, 6.07) is -0.472. The first kappa shape index (κ1) is 9.60. The Balaban J connectivity index is 2.62. The fourth-order valence-corrected chi connectivity index (χ4v) is 1.29. The molecule has 70 valence electrons. The highest BCUT2D eigenvalue weighted by molar-refractivity contribution is 5.56. The van der Waals surface area contributed by atoms with Crippen LogP contribution in [0.2, 0.25) is 0 Å². The van der Waals surface area contributed by atoms with Gasteiger partial charge < -0.3 is 25.5 Å². The molecule has 0 aromatic carbocycles. The molecule has 1 aliphatic rings. The average molecular weight is 175 g/mol. The van der Waals surface area contributed by atoms with Crippen molar-refractivity contribution < 1.29 is 19.7 Å². The van der Waals surface area contributed by atoms with Gasteiger partial charge in [-0.05, 0) is 0 Å². The zero-order chi connectivity index (χ0) is 9.14. The van der Waals surface area contributed by atoms with Gasteiger partial charge in [-0.2, -0.15) is 0 Å². The van der Waals surface area contributed by atoms with Crippen molar-refractivity contribution in [3.05, 3.63) is 0 Å². The number of hydrogen-bond acceptors (Lipinski definition) is 5. The van der Waals surface area contributed by atoms with Crippen LogP contribution in [0.25, 0.3) is 0 Å². The van der Waals surface area contributed by atoms with Crippen LogP contribution in [0.5, 0.6) is 0 Å². The lowest BCUT2D eigenvalue weighted by atomic mass is 9.90. The molecule has 0 radical (unpaired) electrons. The molecule has 0 aliphatic carbocycles. The van der Waals surface area contributed by atoms with Crippen LogP contribution in [0, 0.1) is 5.92 Å². The van der Waals surface area contributed by atoms with Gasteiger partial charge in [-0.3, -0.25) is 0 Å². The van der Waals surface area contributed by atoms with Gasteiger partial charge >= 0.3 is 0 Å². The quantitative estimate of drug-likeness (QED) is 0.417. The van der Waals surface area contributed by atoms with Gasteiger partial charge in [-0.1, -0.05) is 0 Å². The minimum Gasteiger partial charge on any atom is -0.394 e. The fraction of sp³-hybridized carbons (Fsp3) is 0.857. The van der Waals surface area contributed by atoms with E-state index in [4.69, 9.17) is 15.6 Å². The molecule has 1 saturated heterocycles. The number of hydrogen-bond donors (Lipinski definition) is 3. The molecule has 1 aliphatic heterocycles. The van der Waals surface area contributed by atoms with Crippen molar-refractivity contribution in [1.82, 2.24) is 0 Å². The SMILES string of the molecule is N[C@H]1CO[C@H](CO)[C@H](O)[C@@H]1C=O. The third kappa shape index (κ3) is 1.64. The van der Waals surface area contributed by atoms with Gasteiger partial charge in [-0.25, -0.2) is 0 Å². The Bertz CT molecular complexity index is 163. The summed E-state index contributed by atoms with van der Waals surface area (Å²) in [4.78, 5) is 10.5. The number of carbonyl (C=O) groups excluding carboxylic acids is 1. The molecule has 4 N–H and O–H groups in total. The topological polar surface area (TPSA) is 92.8 Å². The highest BCUT2D eigenvalue weighted by Gasteiger charge is 2.36. The molecule has 5 nitrogen and oxygen atoms in total. The second-order valence-corrected chi connectivity index (χ2v) is 2.92. The summed E-state index contributed by atoms with van der Waals surface area (Å²) in [6.45, 7) is -0.0933. The number of aliphatic hydroxyl groups excluding tert-OH is 2. The number of rotatable bonds is 2. The molecule has 0 aromatic heterocycles. The molecule has 0 saturated carbocycles. The minimum atomic E-state index is -0.990. The average Bonchev–Trinajstić information content (AvgIpc) is 2.06. The summed E-state index contributed by atoms with van der Waals surface area (Å²) in [5, 5.41) is 18.1. The number of aldehydes is 1. The molecule has 4 atom stereocenters. The van der Waals surface area contributed by atoms with Gasteiger partial charge in [0.25, 0.3) is 0 Å². The van der Waals surface area contributed by atoms with Crippen LogP contribution in [0.15, 0.2) is 0 Å². The van der Waals surface area contributed by atoms with E-state index in [1.54, 1.807) is 0 Å². The largest absolute Gasteiger partial charge is 0.394 e. The van der Waals surface area contributed by atoms with E-state index in [0.717, 1.165) is 0 Å². The summed E-state index contributed by atoms with van der Waals surface area (Å²) in [6.07, 6.45) is -1.06. The molecule has 12 heavy (non-hydrogen) atoms. The Kier molecular flexibility index (Phi) is 3.16. The standard InChI is InChI=1S/C7H13NO4/c8-5-3-12-6(2-10)7(11)4(5)1-9/h1,4-7,10-11H,2-3,8H2/t4-,5+,6-,7-/m1/s1. The molecular formula is C7H13NO4. The third-order valence-electron chi connectivity index (χ3n) is 2.11. The van der Waals surface area contributed by atoms with Crippen LogP contribution in [-0.2, 0) is 9.53 Å². The molecule has 1 rings (SSSR count). The van der Waals surface area contributed by atoms with Crippen LogP contribution in [-0.4, -0.2) is 48.0 Å². The van der Waals surface area contributed by atoms with E-state index < -0.39 is 24.2 Å². The van der Waals surface area contributed by atoms with Gasteiger partial charge in [0.1, 0.15) is 12.4 Å². The maximum absolute atomic E-state index is 10.5. The Morgan fingerprint density at radius 1 is 1.67 bits per heavy atom. The molecule has 0 unspecified atom stereocenters. The molecule has 0 spiro atoms. The van der Waals surface area contributed by atoms with E-state index in [-0.39, 0.29) is 13.2 Å². The van der Waals surface area contributed by atoms with Crippen LogP contribution in [0.4, 0.5) is 0 Å². The predicted molar refractivity (Wildman–Crippen MR) is 40.4 cm³/mol. The molecule has 0 amide bonds. The van der Waals surface area contributed by atoms with Gasteiger partial charge in [0.2, 0.25) is 0 Å². The summed E-state index contributed by atoms with van der Waals surface area (Å²) >= 11 is 0. The van der Waals surface area contributed by atoms with Crippen molar-refractivity contribution >= 4 is 6.29 Å². The Labute approximate surface area is 70.1 Å². The second-order valence-electron chi connectivity index (χ2n) is 2.92. The Morgan fingerprint density at radius 2 is 2.33 bits per heavy atom. The van der Waals surface area contributed by atoms with Crippen molar-refractivity contribution in [2.75, 3.05) is 13.2 Å². The van der Waals surface area contributed by atoms with E-state index in [1.165, 1.54) is 0 Å². The lowest BCUT2D eigenvalue weighted by Crippen LogP contribution is -2.54. The number of aliphatic hydroxyl groups is 2. The van der Waals surface area contributed by atoms with Gasteiger partial charge in [0.15, 0.2) is 0 Å². The fourth-order valence-electron chi connectivity index (χ4n) is 1.29. The summed E-state index contributed by atoms with van der Waals surface area (Å²) in [7, 11) is 0. The van der Waals surface area contributed by atoms with Crippen LogP contribution in [0.3, 0.4) is 0 Å². The minimum absolute atomic E-state index is 0.200. The zero-order valence-electron chi connectivity index (χ0n) is 6.59. The zero-order valence-corrected chi connectivity index (χ0v) is 6.59. The van der Waals surface area contributed by atoms with Crippen LogP contribution < -0.4 is 5.73 Å². The van der Waals surface area contributed by atoms with Crippen molar-refractivity contribution in [2.45, 2.75) is 18.2 Å². The van der Waals surface area contributed by atoms with Crippen molar-refractivity contribution in [2.24, 2.45) is 11.7 Å². The van der Waals surface area contributed by atoms with Crippen molar-refractivity contribution in [3.63, 3.8) is 0 Å². The molecule has 0 aromatic rings. The maximum atomic E-state index is 10.5. The molecular weight excluding hydrogens is 162 g/mol. The van der Waals surface area contributed by atoms with Gasteiger partial charge in [-0.15, -0.1) is 0 Å². The monoisotopic (exact) mass is 175 g/mol. The lowest BCUT2D eigenvalue weighted by molar-refractivity contribution is -0.143. The summed E-state index contributed by atoms with van der Waals surface area (Å²) in [5.41, 5.74) is 5.50. The number of nitrogens with two attached hydrogens (primary N) is 1. The molecule has 5 heteroatoms. The normalized spacial score (nSPS) is 42.6. The highest BCUT2D eigenvalue weighted by Crippen LogP contribution is 2.17. The second kappa shape index (κ2) is 3.95. The number of carbonyl (C=O) groups is 1. The summed E-state index contributed by atoms with van der Waals surface area (Å²) < 4.78 is 5.00. The molecule has 1 heterocycles. The van der Waals surface area contributed by atoms with E-state index in [0.29, 0.717) is 6.29 Å². The first-order chi connectivity index (χ1) is 5.70. The molecule has 0 bridgehead atoms. The van der Waals surface area contributed by atoms with E-state index in [2.05, 4.69) is 0 Å². The van der Waals surface area contributed by atoms with E-state index in [9.17, 15) is 9.90 Å². The highest BCUT2D eigenvalue weighted by atomic mass is 16.5. The Hall–Kier alpha value is -0.490. The van der Waals surface area contributed by atoms with Gasteiger partial charge in [0.05, 0.1) is 25.2 Å². The van der Waals surface area contributed by atoms with Crippen molar-refractivity contribution in [3.8, 4) is 0 Å². The third-order valence-corrected chi connectivity index (χ3v) is 2.11. The smallest absolute Gasteiger partial charge is 0.127 e. The number of ether oxygens (including phenoxy) is 1. The van der Waals surface area contributed by atoms with Crippen LogP contribution in [0.1, 0.15) is 0 Å².